The molecule has 1 N–H and O–H groups in total. The topological polar surface area (TPSA) is 107 Å². The average molecular weight is 445 g/mol. The summed E-state index contributed by atoms with van der Waals surface area (Å²) in [6, 6.07) is 9.74. The number of carbonyl (C=O) groups excluding carboxylic acids is 4. The molecule has 3 heterocycles. The van der Waals surface area contributed by atoms with Crippen molar-refractivity contribution < 1.29 is 19.2 Å². The number of aromatic amines is 1. The number of imidazole rings is 1. The number of H-pyrrole nitrogens is 1. The molecular formula is C24H23N5O4. The van der Waals surface area contributed by atoms with E-state index < -0.39 is 0 Å². The zero-order valence-electron chi connectivity index (χ0n) is 18.4. The van der Waals surface area contributed by atoms with Crippen LogP contribution in [0.25, 0.3) is 11.0 Å². The van der Waals surface area contributed by atoms with Crippen LogP contribution in [0.1, 0.15) is 55.3 Å². The summed E-state index contributed by atoms with van der Waals surface area (Å²) >= 11 is 0. The molecule has 0 spiro atoms. The highest BCUT2D eigenvalue weighted by molar-refractivity contribution is 6.22. The first-order valence-corrected chi connectivity index (χ1v) is 10.9. The summed E-state index contributed by atoms with van der Waals surface area (Å²) < 4.78 is 0. The first-order valence-electron chi connectivity index (χ1n) is 10.9. The number of hydrogen-bond acceptors (Lipinski definition) is 5. The Morgan fingerprint density at radius 2 is 1.42 bits per heavy atom. The van der Waals surface area contributed by atoms with Crippen LogP contribution < -0.4 is 0 Å². The molecule has 9 nitrogen and oxygen atoms in total. The first-order chi connectivity index (χ1) is 15.8. The van der Waals surface area contributed by atoms with E-state index in [9.17, 15) is 19.2 Å². The highest BCUT2D eigenvalue weighted by Crippen LogP contribution is 2.26. The van der Waals surface area contributed by atoms with Crippen LogP contribution in [0.15, 0.2) is 42.7 Å². The number of benzene rings is 2. The van der Waals surface area contributed by atoms with Gasteiger partial charge in [-0.15, -0.1) is 0 Å². The van der Waals surface area contributed by atoms with Crippen LogP contribution in [-0.4, -0.2) is 80.5 Å². The predicted molar refractivity (Wildman–Crippen MR) is 120 cm³/mol. The molecule has 2 aromatic carbocycles. The Balaban J connectivity index is 1.27. The molecule has 33 heavy (non-hydrogen) atoms. The zero-order chi connectivity index (χ0) is 23.3. The van der Waals surface area contributed by atoms with E-state index in [1.165, 1.54) is 11.0 Å². The number of nitrogens with one attached hydrogen (secondary N) is 1. The van der Waals surface area contributed by atoms with Gasteiger partial charge in [-0.25, -0.2) is 4.98 Å². The molecule has 0 bridgehead atoms. The third-order valence-corrected chi connectivity index (χ3v) is 6.20. The van der Waals surface area contributed by atoms with Gasteiger partial charge < -0.3 is 14.8 Å². The molecule has 3 aromatic rings. The molecule has 168 valence electrons. The van der Waals surface area contributed by atoms with Gasteiger partial charge in [0.2, 0.25) is 0 Å². The third-order valence-electron chi connectivity index (χ3n) is 6.20. The molecule has 0 radical (unpaired) electrons. The number of rotatable bonds is 3. The van der Waals surface area contributed by atoms with Crippen molar-refractivity contribution >= 4 is 34.7 Å². The minimum Gasteiger partial charge on any atom is -0.345 e. The Kier molecular flexibility index (Phi) is 4.96. The van der Waals surface area contributed by atoms with Gasteiger partial charge in [0.1, 0.15) is 0 Å². The predicted octanol–water partition coefficient (Wildman–Crippen LogP) is 2.17. The van der Waals surface area contributed by atoms with Gasteiger partial charge in [-0.2, -0.15) is 0 Å². The highest BCUT2D eigenvalue weighted by Gasteiger charge is 2.38. The third kappa shape index (κ3) is 3.45. The molecule has 0 unspecified atom stereocenters. The molecule has 1 saturated heterocycles. The second-order valence-electron chi connectivity index (χ2n) is 8.55. The lowest BCUT2D eigenvalue weighted by Gasteiger charge is -2.35. The lowest BCUT2D eigenvalue weighted by molar-refractivity contribution is 0.0535. The van der Waals surface area contributed by atoms with E-state index in [0.717, 1.165) is 11.0 Å². The van der Waals surface area contributed by atoms with Crippen LogP contribution in [0.5, 0.6) is 0 Å². The van der Waals surface area contributed by atoms with E-state index in [1.807, 2.05) is 0 Å². The summed E-state index contributed by atoms with van der Waals surface area (Å²) in [7, 11) is 0. The summed E-state index contributed by atoms with van der Waals surface area (Å²) in [5.74, 6) is -1.00. The number of carbonyl (C=O) groups is 4. The van der Waals surface area contributed by atoms with E-state index in [4.69, 9.17) is 0 Å². The standard InChI is InChI=1S/C24H23N5O4/c1-14(2)29-23(32)17-5-3-15(11-18(17)24(29)33)21(30)27-7-9-28(10-8-27)22(31)16-4-6-19-20(12-16)26-13-25-19/h3-6,11-14H,7-10H2,1-2H3,(H,25,26). The molecule has 2 aliphatic heterocycles. The molecule has 9 heteroatoms. The Morgan fingerprint density at radius 3 is 2.06 bits per heavy atom. The molecule has 1 fully saturated rings. The van der Waals surface area contributed by atoms with Crippen LogP contribution in [0.2, 0.25) is 0 Å². The van der Waals surface area contributed by atoms with Crippen LogP contribution in [-0.2, 0) is 0 Å². The van der Waals surface area contributed by atoms with Crippen molar-refractivity contribution in [2.24, 2.45) is 0 Å². The number of aromatic nitrogens is 2. The van der Waals surface area contributed by atoms with Crippen molar-refractivity contribution in [3.8, 4) is 0 Å². The van der Waals surface area contributed by atoms with Crippen LogP contribution in [0.4, 0.5) is 0 Å². The van der Waals surface area contributed by atoms with Crippen molar-refractivity contribution in [3.63, 3.8) is 0 Å². The molecular weight excluding hydrogens is 422 g/mol. The summed E-state index contributed by atoms with van der Waals surface area (Å²) in [6.45, 7) is 5.16. The fourth-order valence-electron chi connectivity index (χ4n) is 4.41. The van der Waals surface area contributed by atoms with Crippen LogP contribution in [0.3, 0.4) is 0 Å². The quantitative estimate of drug-likeness (QED) is 0.622. The molecule has 2 aliphatic rings. The van der Waals surface area contributed by atoms with Crippen molar-refractivity contribution in [3.05, 3.63) is 65.0 Å². The smallest absolute Gasteiger partial charge is 0.261 e. The van der Waals surface area contributed by atoms with Gasteiger partial charge >= 0.3 is 0 Å². The normalized spacial score (nSPS) is 16.2. The van der Waals surface area contributed by atoms with Gasteiger partial charge in [0.25, 0.3) is 23.6 Å². The van der Waals surface area contributed by atoms with Crippen molar-refractivity contribution in [1.29, 1.82) is 0 Å². The number of piperazine rings is 1. The van der Waals surface area contributed by atoms with E-state index in [1.54, 1.807) is 60.3 Å². The number of imide groups is 1. The van der Waals surface area contributed by atoms with Gasteiger partial charge in [0.15, 0.2) is 0 Å². The Labute approximate surface area is 190 Å². The van der Waals surface area contributed by atoms with Gasteiger partial charge in [-0.3, -0.25) is 24.1 Å². The Bertz CT molecular complexity index is 1300. The number of hydrogen-bond donors (Lipinski definition) is 1. The fourth-order valence-corrected chi connectivity index (χ4v) is 4.41. The van der Waals surface area contributed by atoms with E-state index in [0.29, 0.717) is 42.9 Å². The number of nitrogens with zero attached hydrogens (tertiary/aromatic N) is 4. The molecule has 0 saturated carbocycles. The molecule has 5 rings (SSSR count). The lowest BCUT2D eigenvalue weighted by atomic mass is 10.0. The summed E-state index contributed by atoms with van der Waals surface area (Å²) in [6.07, 6.45) is 1.59. The Morgan fingerprint density at radius 1 is 0.848 bits per heavy atom. The van der Waals surface area contributed by atoms with Gasteiger partial charge in [0, 0.05) is 43.3 Å². The van der Waals surface area contributed by atoms with E-state index in [-0.39, 0.29) is 35.2 Å². The van der Waals surface area contributed by atoms with Crippen LogP contribution in [0, 0.1) is 0 Å². The molecule has 0 atom stereocenters. The van der Waals surface area contributed by atoms with Crippen molar-refractivity contribution in [1.82, 2.24) is 24.7 Å². The maximum absolute atomic E-state index is 13.1. The number of amides is 4. The highest BCUT2D eigenvalue weighted by atomic mass is 16.2. The van der Waals surface area contributed by atoms with Crippen LogP contribution >= 0.6 is 0 Å². The van der Waals surface area contributed by atoms with E-state index in [2.05, 4.69) is 9.97 Å². The second-order valence-corrected chi connectivity index (χ2v) is 8.55. The second kappa shape index (κ2) is 7.84. The maximum atomic E-state index is 13.1. The molecule has 1 aromatic heterocycles. The molecule has 4 amide bonds. The zero-order valence-corrected chi connectivity index (χ0v) is 18.4. The van der Waals surface area contributed by atoms with Gasteiger partial charge in [0.05, 0.1) is 28.5 Å². The van der Waals surface area contributed by atoms with Crippen molar-refractivity contribution in [2.45, 2.75) is 19.9 Å². The summed E-state index contributed by atoms with van der Waals surface area (Å²) in [5, 5.41) is 0. The van der Waals surface area contributed by atoms with E-state index >= 15 is 0 Å². The summed E-state index contributed by atoms with van der Waals surface area (Å²) in [5.41, 5.74) is 3.13. The lowest BCUT2D eigenvalue weighted by Crippen LogP contribution is -2.50. The SMILES string of the molecule is CC(C)N1C(=O)c2ccc(C(=O)N3CCN(C(=O)c4ccc5nc[nH]c5c4)CC3)cc2C1=O. The van der Waals surface area contributed by atoms with Gasteiger partial charge in [-0.05, 0) is 50.2 Å². The fraction of sp³-hybridized carbons (Fsp3) is 0.292. The minimum atomic E-state index is -0.371. The molecule has 0 aliphatic carbocycles. The first kappa shape index (κ1) is 20.9. The largest absolute Gasteiger partial charge is 0.345 e. The summed E-state index contributed by atoms with van der Waals surface area (Å²) in [4.78, 5) is 62.9. The average Bonchev–Trinajstić information content (AvgIpc) is 3.39. The maximum Gasteiger partial charge on any atom is 0.261 e. The monoisotopic (exact) mass is 445 g/mol. The number of fused-ring (bicyclic) bond motifs is 2. The van der Waals surface area contributed by atoms with Crippen molar-refractivity contribution in [2.75, 3.05) is 26.2 Å². The van der Waals surface area contributed by atoms with Gasteiger partial charge in [-0.1, -0.05) is 0 Å². The minimum absolute atomic E-state index is 0.0889. The Hall–Kier alpha value is -4.01.